The Morgan fingerprint density at radius 2 is 0.351 bits per heavy atom. The Bertz CT molecular complexity index is 4330. The van der Waals surface area contributed by atoms with Crippen LogP contribution in [0.15, 0.2) is 334 Å². The summed E-state index contributed by atoms with van der Waals surface area (Å²) in [4.78, 5) is 0. The lowest BCUT2D eigenvalue weighted by atomic mass is 9.95. The predicted octanol–water partition coefficient (Wildman–Crippen LogP) is 16.9. The molecule has 0 unspecified atom stereocenters. The third-order valence-corrected chi connectivity index (χ3v) is 19.8. The molecule has 3 heterocycles. The van der Waals surface area contributed by atoms with Crippen LogP contribution in [0.3, 0.4) is 0 Å². The fourth-order valence-corrected chi connectivity index (χ4v) is 14.0. The molecule has 3 aliphatic rings. The zero-order valence-electron chi connectivity index (χ0n) is 62.3. The van der Waals surface area contributed by atoms with E-state index in [1.807, 2.05) is 334 Å². The summed E-state index contributed by atoms with van der Waals surface area (Å²) >= 11 is 0. The van der Waals surface area contributed by atoms with Crippen molar-refractivity contribution in [1.82, 2.24) is 0 Å². The number of hydrogen-bond acceptors (Lipinski definition) is 16. The summed E-state index contributed by atoms with van der Waals surface area (Å²) in [7, 11) is 0. The first-order chi connectivity index (χ1) is 55.0. The molecule has 11 aromatic rings. The molecule has 111 heavy (non-hydrogen) atoms. The minimum absolute atomic E-state index is 0.0706. The van der Waals surface area contributed by atoms with Gasteiger partial charge in [0.1, 0.15) is 73.2 Å². The van der Waals surface area contributed by atoms with Gasteiger partial charge in [-0.1, -0.05) is 334 Å². The van der Waals surface area contributed by atoms with Crippen LogP contribution in [0.25, 0.3) is 0 Å². The second-order valence-electron chi connectivity index (χ2n) is 28.0. The number of ether oxygens (including phenoxy) is 16. The molecule has 14 rings (SSSR count). The quantitative estimate of drug-likeness (QED) is 0.0358. The van der Waals surface area contributed by atoms with Gasteiger partial charge in [-0.25, -0.2) is 0 Å². The smallest absolute Gasteiger partial charge is 0.187 e. The Morgan fingerprint density at radius 3 is 0.631 bits per heavy atom. The summed E-state index contributed by atoms with van der Waals surface area (Å²) in [6.45, 7) is 2.16. The molecule has 11 aromatic carbocycles. The van der Waals surface area contributed by atoms with Crippen molar-refractivity contribution in [2.45, 2.75) is 165 Å². The van der Waals surface area contributed by atoms with Gasteiger partial charge in [0.15, 0.2) is 18.9 Å². The zero-order valence-corrected chi connectivity index (χ0v) is 62.3. The Balaban J connectivity index is 0.881. The van der Waals surface area contributed by atoms with E-state index in [1.165, 1.54) is 0 Å². The van der Waals surface area contributed by atoms with Gasteiger partial charge in [0.25, 0.3) is 0 Å². The van der Waals surface area contributed by atoms with E-state index in [4.69, 9.17) is 75.8 Å². The van der Waals surface area contributed by atoms with Crippen LogP contribution < -0.4 is 0 Å². The Kier molecular flexibility index (Phi) is 30.0. The van der Waals surface area contributed by atoms with E-state index < -0.39 is 92.1 Å². The summed E-state index contributed by atoms with van der Waals surface area (Å²) in [5.74, 6) is 0. The van der Waals surface area contributed by atoms with E-state index in [0.717, 1.165) is 61.2 Å². The van der Waals surface area contributed by atoms with Crippen LogP contribution >= 0.6 is 0 Å². The van der Waals surface area contributed by atoms with Crippen LogP contribution in [0.2, 0.25) is 0 Å². The fourth-order valence-electron chi connectivity index (χ4n) is 14.0. The maximum Gasteiger partial charge on any atom is 0.187 e. The molecule has 3 fully saturated rings. The molecule has 0 saturated carbocycles. The van der Waals surface area contributed by atoms with E-state index in [0.29, 0.717) is 13.2 Å². The molecule has 3 saturated heterocycles. The van der Waals surface area contributed by atoms with Gasteiger partial charge in [0, 0.05) is 0 Å². The first-order valence-corrected chi connectivity index (χ1v) is 38.4. The van der Waals surface area contributed by atoms with Crippen LogP contribution in [0.1, 0.15) is 61.2 Å². The Hall–Kier alpha value is -9.22. The molecule has 16 nitrogen and oxygen atoms in total. The van der Waals surface area contributed by atoms with E-state index in [1.54, 1.807) is 0 Å². The van der Waals surface area contributed by atoms with Crippen molar-refractivity contribution in [1.29, 1.82) is 0 Å². The monoisotopic (exact) mass is 1490 g/mol. The van der Waals surface area contributed by atoms with Gasteiger partial charge in [0.2, 0.25) is 0 Å². The first-order valence-electron chi connectivity index (χ1n) is 38.4. The lowest BCUT2D eigenvalue weighted by Gasteiger charge is -2.50. The molecule has 0 bridgehead atoms. The SMILES string of the molecule is c1ccc(COC[C@@H]2O[C@@H](O[C@@H]3[C@@H](OCc4ccccc4)[C@@H](OCc4ccccc4)O[C@H](CO[C@@H]4O[C@@H](COCc5ccccc5)[C@H](OCc5ccccc5)[C@H](OCc5ccccc5)[C@H]4OCc4ccccc4)[C@H]3OCc3ccccc3)[C@@H](OCc3ccccc3)[C@@H](OCc3ccccc3)[C@H]2OCc2ccccc2)cc1. The molecule has 0 aliphatic carbocycles. The second-order valence-corrected chi connectivity index (χ2v) is 28.0. The summed E-state index contributed by atoms with van der Waals surface area (Å²) < 4.78 is 117. The van der Waals surface area contributed by atoms with Crippen molar-refractivity contribution < 1.29 is 75.8 Å². The molecular weight excluding hydrogens is 1400 g/mol. The van der Waals surface area contributed by atoms with Crippen LogP contribution in [0, 0.1) is 0 Å². The van der Waals surface area contributed by atoms with Crippen molar-refractivity contribution in [3.05, 3.63) is 395 Å². The van der Waals surface area contributed by atoms with Crippen LogP contribution in [0.4, 0.5) is 0 Å². The van der Waals surface area contributed by atoms with Gasteiger partial charge in [-0.2, -0.15) is 0 Å². The van der Waals surface area contributed by atoms with Gasteiger partial charge >= 0.3 is 0 Å². The average molecular weight is 1500 g/mol. The highest BCUT2D eigenvalue weighted by Gasteiger charge is 2.56. The molecule has 3 aliphatic heterocycles. The van der Waals surface area contributed by atoms with Gasteiger partial charge in [-0.05, 0) is 61.2 Å². The maximum atomic E-state index is 7.99. The van der Waals surface area contributed by atoms with Crippen molar-refractivity contribution in [2.24, 2.45) is 0 Å². The molecule has 0 radical (unpaired) electrons. The summed E-state index contributed by atoms with van der Waals surface area (Å²) in [5.41, 5.74) is 10.4. The highest BCUT2D eigenvalue weighted by atomic mass is 16.8. The van der Waals surface area contributed by atoms with Crippen molar-refractivity contribution in [2.75, 3.05) is 19.8 Å². The third kappa shape index (κ3) is 23.4. The number of rotatable bonds is 40. The Morgan fingerprint density at radius 1 is 0.162 bits per heavy atom. The summed E-state index contributed by atoms with van der Waals surface area (Å²) in [6.07, 6.45) is -14.6. The van der Waals surface area contributed by atoms with Crippen molar-refractivity contribution >= 4 is 0 Å². The molecule has 0 amide bonds. The van der Waals surface area contributed by atoms with Gasteiger partial charge in [-0.3, -0.25) is 0 Å². The lowest BCUT2D eigenvalue weighted by Crippen LogP contribution is -2.67. The van der Waals surface area contributed by atoms with Gasteiger partial charge in [-0.15, -0.1) is 0 Å². The standard InChI is InChI=1S/C95H98O16/c1-12-34-70(35-13-1)56-96-67-81-84(98-58-72-38-16-3-17-39-72)87(101-61-75-44-22-6-23-45-75)90(103-63-77-48-26-8-27-49-77)93(108-81)107-69-83-86(100-60-74-42-20-5-21-43-74)89(92(105-65-79-52-30-10-31-53-79)94(109-83)106-66-80-54-32-11-33-55-80)111-95-91(104-64-78-50-28-9-29-51-78)88(102-62-76-46-24-7-25-47-76)85(99-59-73-40-18-4-19-41-73)82(110-95)68-97-57-71-36-14-2-15-37-71/h1-55,81-95H,56-69H2/t81-,82-,83+,84-,85-,86+,87-,88-,89-,90+,91-,92+,93+,94-,95-/m0/s1. The largest absolute Gasteiger partial charge is 0.374 e. The second kappa shape index (κ2) is 42.4. The zero-order chi connectivity index (χ0) is 75.1. The van der Waals surface area contributed by atoms with Gasteiger partial charge in [0.05, 0.1) is 92.5 Å². The highest BCUT2D eigenvalue weighted by molar-refractivity contribution is 5.22. The number of hydrogen-bond donors (Lipinski definition) is 0. The first kappa shape index (κ1) is 78.5. The molecule has 0 spiro atoms. The molecule has 0 aromatic heterocycles. The van der Waals surface area contributed by atoms with Gasteiger partial charge < -0.3 is 75.8 Å². The minimum Gasteiger partial charge on any atom is -0.374 e. The fraction of sp³-hybridized carbons (Fsp3) is 0.305. The topological polar surface area (TPSA) is 148 Å². The van der Waals surface area contributed by atoms with Crippen LogP contribution in [-0.4, -0.2) is 112 Å². The van der Waals surface area contributed by atoms with E-state index in [2.05, 4.69) is 0 Å². The van der Waals surface area contributed by atoms with E-state index in [9.17, 15) is 0 Å². The highest BCUT2D eigenvalue weighted by Crippen LogP contribution is 2.39. The molecular formula is C95H98O16. The Labute approximate surface area is 651 Å². The minimum atomic E-state index is -1.26. The van der Waals surface area contributed by atoms with Crippen molar-refractivity contribution in [3.8, 4) is 0 Å². The number of benzene rings is 11. The maximum absolute atomic E-state index is 7.99. The molecule has 16 heteroatoms. The van der Waals surface area contributed by atoms with E-state index >= 15 is 0 Å². The molecule has 15 atom stereocenters. The average Bonchev–Trinajstić information content (AvgIpc) is 0.768. The van der Waals surface area contributed by atoms with E-state index in [-0.39, 0.29) is 79.3 Å². The predicted molar refractivity (Wildman–Crippen MR) is 420 cm³/mol. The molecule has 574 valence electrons. The third-order valence-electron chi connectivity index (χ3n) is 19.8. The van der Waals surface area contributed by atoms with Crippen LogP contribution in [-0.2, 0) is 148 Å². The van der Waals surface area contributed by atoms with Crippen molar-refractivity contribution in [3.63, 3.8) is 0 Å². The summed E-state index contributed by atoms with van der Waals surface area (Å²) in [5, 5.41) is 0. The molecule has 0 N–H and O–H groups in total. The lowest BCUT2D eigenvalue weighted by molar-refractivity contribution is -0.384. The summed E-state index contributed by atoms with van der Waals surface area (Å²) in [6, 6.07) is 111. The van der Waals surface area contributed by atoms with Crippen LogP contribution in [0.5, 0.6) is 0 Å². The normalized spacial score (nSPS) is 23.9.